The molecule has 2 N–H and O–H groups in total. The molecule has 1 aromatic rings. The summed E-state index contributed by atoms with van der Waals surface area (Å²) in [4.78, 5) is 0. The van der Waals surface area contributed by atoms with E-state index in [0.717, 1.165) is 18.2 Å². The van der Waals surface area contributed by atoms with Crippen molar-refractivity contribution in [1.82, 2.24) is 0 Å². The Morgan fingerprint density at radius 3 is 2.67 bits per heavy atom. The molecule has 1 aromatic carbocycles. The van der Waals surface area contributed by atoms with Crippen LogP contribution in [0.25, 0.3) is 0 Å². The number of aliphatic hydroxyl groups is 1. The number of halogens is 1. The summed E-state index contributed by atoms with van der Waals surface area (Å²) in [5, 5.41) is 20.6. The number of aromatic hydroxyl groups is 1. The van der Waals surface area contributed by atoms with Gasteiger partial charge in [0.2, 0.25) is 0 Å². The summed E-state index contributed by atoms with van der Waals surface area (Å²) in [6, 6.07) is 3.96. The predicted octanol–water partition coefficient (Wildman–Crippen LogP) is 5.75. The second-order valence-corrected chi connectivity index (χ2v) is 8.18. The summed E-state index contributed by atoms with van der Waals surface area (Å²) in [5.74, 6) is 3.29. The molecule has 0 aliphatic heterocycles. The van der Waals surface area contributed by atoms with Gasteiger partial charge in [-0.05, 0) is 90.3 Å². The number of fused-ring (bicyclic) bond motifs is 3. The Bertz CT molecular complexity index is 691. The maximum atomic E-state index is 10.2. The van der Waals surface area contributed by atoms with Crippen LogP contribution in [0.2, 0.25) is 0 Å². The number of allylic oxidation sites excluding steroid dienone is 3. The predicted molar refractivity (Wildman–Crippen MR) is 101 cm³/mol. The first kappa shape index (κ1) is 16.3. The summed E-state index contributed by atoms with van der Waals surface area (Å²) in [6.45, 7) is 0. The summed E-state index contributed by atoms with van der Waals surface area (Å²) in [5.41, 5.74) is 4.12. The molecule has 3 aliphatic rings. The van der Waals surface area contributed by atoms with Gasteiger partial charge in [0.1, 0.15) is 11.5 Å². The van der Waals surface area contributed by atoms with Crippen molar-refractivity contribution in [2.45, 2.75) is 49.8 Å². The van der Waals surface area contributed by atoms with Crippen LogP contribution >= 0.6 is 15.9 Å². The molecule has 1 fully saturated rings. The molecule has 0 spiro atoms. The molecule has 128 valence electrons. The molecule has 0 bridgehead atoms. The molecular weight excluding hydrogens is 364 g/mol. The van der Waals surface area contributed by atoms with E-state index in [4.69, 9.17) is 0 Å². The molecule has 0 heterocycles. The highest BCUT2D eigenvalue weighted by molar-refractivity contribution is 9.08. The highest BCUT2D eigenvalue weighted by Crippen LogP contribution is 2.52. The summed E-state index contributed by atoms with van der Waals surface area (Å²) >= 11 is 3.61. The Balaban J connectivity index is 1.74. The van der Waals surface area contributed by atoms with Gasteiger partial charge in [-0.25, -0.2) is 0 Å². The molecule has 0 amide bonds. The minimum Gasteiger partial charge on any atom is -0.508 e. The standard InChI is InChI=1S/C21H25BrO2/c22-12-14-9-16(24)10-21-18-4-2-1-3-17(18)19(11-20(14)21)13-5-7-15(23)8-6-13/h5,7-10,13,17-19,23-24H,1-4,6,11-12H2/t13?,17-,18+,19-/m0/s1. The minimum atomic E-state index is 0.411. The van der Waals surface area contributed by atoms with Gasteiger partial charge in [0, 0.05) is 5.33 Å². The Hall–Kier alpha value is -1.22. The van der Waals surface area contributed by atoms with Gasteiger partial charge in [-0.2, -0.15) is 0 Å². The van der Waals surface area contributed by atoms with Crippen molar-refractivity contribution in [3.05, 3.63) is 52.8 Å². The van der Waals surface area contributed by atoms with Crippen LogP contribution in [0.4, 0.5) is 0 Å². The fourth-order valence-corrected chi connectivity index (χ4v) is 5.80. The number of aliphatic hydroxyl groups excluding tert-OH is 1. The zero-order valence-corrected chi connectivity index (χ0v) is 15.5. The van der Waals surface area contributed by atoms with Gasteiger partial charge >= 0.3 is 0 Å². The number of alkyl halides is 1. The average Bonchev–Trinajstić information content (AvgIpc) is 2.61. The van der Waals surface area contributed by atoms with Gasteiger partial charge in [-0.1, -0.05) is 34.8 Å². The Labute approximate surface area is 152 Å². The van der Waals surface area contributed by atoms with Crippen molar-refractivity contribution in [3.63, 3.8) is 0 Å². The third-order valence-corrected chi connectivity index (χ3v) is 6.98. The van der Waals surface area contributed by atoms with E-state index >= 15 is 0 Å². The van der Waals surface area contributed by atoms with Gasteiger partial charge in [-0.3, -0.25) is 0 Å². The molecule has 4 rings (SSSR count). The lowest BCUT2D eigenvalue weighted by atomic mass is 9.59. The maximum Gasteiger partial charge on any atom is 0.116 e. The first-order chi connectivity index (χ1) is 11.7. The Morgan fingerprint density at radius 2 is 1.92 bits per heavy atom. The molecule has 0 aromatic heterocycles. The van der Waals surface area contributed by atoms with E-state index < -0.39 is 0 Å². The van der Waals surface area contributed by atoms with E-state index in [-0.39, 0.29) is 0 Å². The van der Waals surface area contributed by atoms with Gasteiger partial charge in [-0.15, -0.1) is 0 Å². The van der Waals surface area contributed by atoms with Crippen molar-refractivity contribution in [1.29, 1.82) is 0 Å². The highest BCUT2D eigenvalue weighted by atomic mass is 79.9. The van der Waals surface area contributed by atoms with Crippen LogP contribution in [-0.4, -0.2) is 10.2 Å². The van der Waals surface area contributed by atoms with Crippen LogP contribution in [0, 0.1) is 17.8 Å². The van der Waals surface area contributed by atoms with Gasteiger partial charge in [0.05, 0.1) is 0 Å². The monoisotopic (exact) mass is 388 g/mol. The van der Waals surface area contributed by atoms with E-state index in [0.29, 0.717) is 35.2 Å². The van der Waals surface area contributed by atoms with Crippen LogP contribution in [0.1, 0.15) is 54.7 Å². The number of phenolic OH excluding ortho intramolecular Hbond substituents is 1. The molecule has 2 nitrogen and oxygen atoms in total. The van der Waals surface area contributed by atoms with E-state index in [1.165, 1.54) is 42.4 Å². The molecule has 0 saturated heterocycles. The minimum absolute atomic E-state index is 0.411. The molecule has 1 saturated carbocycles. The molecule has 24 heavy (non-hydrogen) atoms. The van der Waals surface area contributed by atoms with Crippen LogP contribution in [0.5, 0.6) is 5.75 Å². The SMILES string of the molecule is OC1=CCC([C@@H]2Cc3c(CBr)cc(O)cc3[C@@H]3CCCC[C@@H]32)C=C1. The maximum absolute atomic E-state index is 10.2. The lowest BCUT2D eigenvalue weighted by Gasteiger charge is -2.46. The largest absolute Gasteiger partial charge is 0.508 e. The van der Waals surface area contributed by atoms with E-state index in [9.17, 15) is 10.2 Å². The Morgan fingerprint density at radius 1 is 1.08 bits per heavy atom. The third kappa shape index (κ3) is 2.81. The van der Waals surface area contributed by atoms with Gasteiger partial charge < -0.3 is 10.2 Å². The van der Waals surface area contributed by atoms with E-state index in [1.807, 2.05) is 24.3 Å². The van der Waals surface area contributed by atoms with Gasteiger partial charge in [0.15, 0.2) is 0 Å². The third-order valence-electron chi connectivity index (χ3n) is 6.38. The van der Waals surface area contributed by atoms with Crippen LogP contribution < -0.4 is 0 Å². The lowest BCUT2D eigenvalue weighted by molar-refractivity contribution is 0.155. The molecular formula is C21H25BrO2. The van der Waals surface area contributed by atoms with Gasteiger partial charge in [0.25, 0.3) is 0 Å². The second kappa shape index (κ2) is 6.59. The topological polar surface area (TPSA) is 40.5 Å². The van der Waals surface area contributed by atoms with E-state index in [1.54, 1.807) is 0 Å². The summed E-state index contributed by atoms with van der Waals surface area (Å²) < 4.78 is 0. The highest BCUT2D eigenvalue weighted by Gasteiger charge is 2.41. The van der Waals surface area contributed by atoms with Crippen molar-refractivity contribution in [2.75, 3.05) is 0 Å². The quantitative estimate of drug-likeness (QED) is 0.632. The van der Waals surface area contributed by atoms with Crippen LogP contribution in [-0.2, 0) is 11.8 Å². The first-order valence-corrected chi connectivity index (χ1v) is 10.3. The molecule has 3 aliphatic carbocycles. The van der Waals surface area contributed by atoms with Crippen LogP contribution in [0.15, 0.2) is 36.1 Å². The van der Waals surface area contributed by atoms with Crippen molar-refractivity contribution in [2.24, 2.45) is 17.8 Å². The summed E-state index contributed by atoms with van der Waals surface area (Å²) in [6.07, 6.45) is 13.3. The molecule has 3 heteroatoms. The van der Waals surface area contributed by atoms with Crippen LogP contribution in [0.3, 0.4) is 0 Å². The number of rotatable bonds is 2. The van der Waals surface area contributed by atoms with Crippen molar-refractivity contribution in [3.8, 4) is 5.75 Å². The lowest BCUT2D eigenvalue weighted by Crippen LogP contribution is -2.36. The molecule has 1 unspecified atom stereocenters. The van der Waals surface area contributed by atoms with Crippen molar-refractivity contribution >= 4 is 15.9 Å². The second-order valence-electron chi connectivity index (χ2n) is 7.62. The smallest absolute Gasteiger partial charge is 0.116 e. The number of benzene rings is 1. The fourth-order valence-electron chi connectivity index (χ4n) is 5.30. The summed E-state index contributed by atoms with van der Waals surface area (Å²) in [7, 11) is 0. The normalized spacial score (nSPS) is 32.0. The average molecular weight is 389 g/mol. The zero-order valence-electron chi connectivity index (χ0n) is 13.9. The zero-order chi connectivity index (χ0) is 16.7. The van der Waals surface area contributed by atoms with Crippen molar-refractivity contribution < 1.29 is 10.2 Å². The number of hydrogen-bond acceptors (Lipinski definition) is 2. The number of phenols is 1. The number of hydrogen-bond donors (Lipinski definition) is 2. The molecule has 0 radical (unpaired) electrons. The molecule has 4 atom stereocenters. The van der Waals surface area contributed by atoms with E-state index in [2.05, 4.69) is 22.0 Å². The fraction of sp³-hybridized carbons (Fsp3) is 0.524. The first-order valence-electron chi connectivity index (χ1n) is 9.15. The Kier molecular flexibility index (Phi) is 4.46.